The number of rotatable bonds is 2. The van der Waals surface area contributed by atoms with E-state index in [1.807, 2.05) is 0 Å². The summed E-state index contributed by atoms with van der Waals surface area (Å²) in [6.45, 7) is 0. The highest BCUT2D eigenvalue weighted by Crippen LogP contribution is 2.07. The second-order valence-corrected chi connectivity index (χ2v) is 2.46. The van der Waals surface area contributed by atoms with Gasteiger partial charge in [-0.05, 0) is 17.6 Å². The third-order valence-electron chi connectivity index (χ3n) is 1.33. The van der Waals surface area contributed by atoms with Crippen LogP contribution in [0.2, 0.25) is 0 Å². The third kappa shape index (κ3) is 2.26. The minimum absolute atomic E-state index is 0.119. The number of benzene rings is 1. The molecule has 1 aromatic carbocycles. The lowest BCUT2D eigenvalue weighted by Gasteiger charge is -1.97. The van der Waals surface area contributed by atoms with E-state index in [-0.39, 0.29) is 11.5 Å². The molecule has 62 valence electrons. The van der Waals surface area contributed by atoms with Gasteiger partial charge in [0, 0.05) is 0 Å². The fraction of sp³-hybridized carbons (Fsp3) is 0. The van der Waals surface area contributed by atoms with Crippen LogP contribution in [0.15, 0.2) is 28.6 Å². The molecular formula is C6H6BNO3S. The van der Waals surface area contributed by atoms with Gasteiger partial charge < -0.3 is 10.0 Å². The molecule has 0 saturated heterocycles. The predicted octanol–water partition coefficient (Wildman–Crippen LogP) is -0.605. The molecule has 0 aliphatic rings. The molecule has 0 atom stereocenters. The zero-order valence-electron chi connectivity index (χ0n) is 6.04. The van der Waals surface area contributed by atoms with Crippen LogP contribution in [0, 0.1) is 0 Å². The minimum Gasteiger partial charge on any atom is -0.423 e. The normalized spacial score (nSPS) is 9.17. The molecule has 1 aromatic rings. The van der Waals surface area contributed by atoms with E-state index in [4.69, 9.17) is 10.0 Å². The summed E-state index contributed by atoms with van der Waals surface area (Å²) in [6, 6.07) is 6.08. The van der Waals surface area contributed by atoms with Crippen LogP contribution in [0.3, 0.4) is 0 Å². The summed E-state index contributed by atoms with van der Waals surface area (Å²) in [5.41, 5.74) is 0.893. The van der Waals surface area contributed by atoms with Crippen molar-refractivity contribution >= 4 is 29.7 Å². The Kier molecular flexibility index (Phi) is 3.15. The van der Waals surface area contributed by atoms with Crippen LogP contribution < -0.4 is 5.46 Å². The maximum Gasteiger partial charge on any atom is 0.488 e. The van der Waals surface area contributed by atoms with Crippen LogP contribution in [0.1, 0.15) is 0 Å². The van der Waals surface area contributed by atoms with Gasteiger partial charge in [0.15, 0.2) is 0 Å². The number of hydrogen-bond donors (Lipinski definition) is 2. The van der Waals surface area contributed by atoms with Gasteiger partial charge in [0.25, 0.3) is 0 Å². The van der Waals surface area contributed by atoms with E-state index in [0.29, 0.717) is 11.2 Å². The molecule has 12 heavy (non-hydrogen) atoms. The first-order chi connectivity index (χ1) is 5.74. The summed E-state index contributed by atoms with van der Waals surface area (Å²) >= 11 is 0.119. The molecule has 0 aliphatic carbocycles. The summed E-state index contributed by atoms with van der Waals surface area (Å²) < 4.78 is 13.5. The van der Waals surface area contributed by atoms with Crippen molar-refractivity contribution in [2.45, 2.75) is 0 Å². The molecule has 0 spiro atoms. The van der Waals surface area contributed by atoms with Crippen molar-refractivity contribution in [3.8, 4) is 0 Å². The second-order valence-electron chi connectivity index (χ2n) is 2.13. The zero-order chi connectivity index (χ0) is 8.97. The van der Waals surface area contributed by atoms with E-state index >= 15 is 0 Å². The van der Waals surface area contributed by atoms with E-state index in [1.54, 1.807) is 12.1 Å². The lowest BCUT2D eigenvalue weighted by atomic mass is 9.80. The number of nitrogens with zero attached hydrogens (tertiary/aromatic N) is 1. The Labute approximate surface area is 73.3 Å². The smallest absolute Gasteiger partial charge is 0.423 e. The third-order valence-corrected chi connectivity index (χ3v) is 1.62. The maximum absolute atomic E-state index is 9.97. The quantitative estimate of drug-likeness (QED) is 0.601. The predicted molar refractivity (Wildman–Crippen MR) is 46.5 cm³/mol. The van der Waals surface area contributed by atoms with E-state index in [1.165, 1.54) is 12.1 Å². The Morgan fingerprint density at radius 3 is 2.25 bits per heavy atom. The Morgan fingerprint density at radius 2 is 1.83 bits per heavy atom. The van der Waals surface area contributed by atoms with Crippen LogP contribution >= 0.6 is 0 Å². The van der Waals surface area contributed by atoms with Gasteiger partial charge >= 0.3 is 7.12 Å². The van der Waals surface area contributed by atoms with Crippen molar-refractivity contribution < 1.29 is 14.3 Å². The monoisotopic (exact) mass is 183 g/mol. The first-order valence-electron chi connectivity index (χ1n) is 3.20. The molecule has 6 heteroatoms. The summed E-state index contributed by atoms with van der Waals surface area (Å²) in [5, 5.41) is 17.4. The van der Waals surface area contributed by atoms with Gasteiger partial charge in [-0.15, -0.1) is 0 Å². The van der Waals surface area contributed by atoms with Crippen molar-refractivity contribution in [2.75, 3.05) is 0 Å². The van der Waals surface area contributed by atoms with Crippen LogP contribution in [0.4, 0.5) is 5.69 Å². The zero-order valence-corrected chi connectivity index (χ0v) is 6.86. The summed E-state index contributed by atoms with van der Waals surface area (Å²) in [7, 11) is -1.47. The summed E-state index contributed by atoms with van der Waals surface area (Å²) in [6.07, 6.45) is 0. The molecule has 0 saturated carbocycles. The van der Waals surface area contributed by atoms with Gasteiger partial charge in [-0.2, -0.15) is 8.57 Å². The van der Waals surface area contributed by atoms with Crippen molar-refractivity contribution in [3.05, 3.63) is 24.3 Å². The highest BCUT2D eigenvalue weighted by molar-refractivity contribution is 7.54. The Morgan fingerprint density at radius 1 is 1.25 bits per heavy atom. The van der Waals surface area contributed by atoms with Crippen molar-refractivity contribution in [1.82, 2.24) is 0 Å². The molecule has 0 radical (unpaired) electrons. The molecule has 0 bridgehead atoms. The fourth-order valence-electron chi connectivity index (χ4n) is 0.750. The first-order valence-corrected chi connectivity index (χ1v) is 3.90. The van der Waals surface area contributed by atoms with Gasteiger partial charge in [0.1, 0.15) is 0 Å². The molecule has 0 unspecified atom stereocenters. The molecular weight excluding hydrogens is 177 g/mol. The van der Waals surface area contributed by atoms with E-state index in [0.717, 1.165) is 0 Å². The molecule has 0 heterocycles. The first kappa shape index (κ1) is 9.12. The molecule has 4 nitrogen and oxygen atoms in total. The molecule has 1 rings (SSSR count). The van der Waals surface area contributed by atoms with Gasteiger partial charge in [-0.25, -0.2) is 0 Å². The van der Waals surface area contributed by atoms with Gasteiger partial charge in [0.2, 0.25) is 11.5 Å². The lowest BCUT2D eigenvalue weighted by Crippen LogP contribution is -2.29. The number of hydrogen-bond acceptors (Lipinski definition) is 4. The van der Waals surface area contributed by atoms with Crippen molar-refractivity contribution in [1.29, 1.82) is 0 Å². The molecule has 2 N–H and O–H groups in total. The van der Waals surface area contributed by atoms with Crippen molar-refractivity contribution in [2.24, 2.45) is 4.36 Å². The highest BCUT2D eigenvalue weighted by atomic mass is 32.1. The van der Waals surface area contributed by atoms with Crippen LogP contribution in [0.25, 0.3) is 0 Å². The lowest BCUT2D eigenvalue weighted by molar-refractivity contribution is 0.426. The van der Waals surface area contributed by atoms with Crippen LogP contribution in [-0.2, 0) is 11.5 Å². The Balaban J connectivity index is 2.92. The molecule has 0 fully saturated rings. The van der Waals surface area contributed by atoms with E-state index in [9.17, 15) is 4.21 Å². The standard InChI is InChI=1S/C6H6BNO3S/c9-7(10)5-1-3-6(4-2-5)8-12-11/h1-4,9-10H. The average Bonchev–Trinajstić information content (AvgIpc) is 2.06. The molecule has 0 aliphatic heterocycles. The highest BCUT2D eigenvalue weighted by Gasteiger charge is 2.08. The molecule has 0 amide bonds. The Bertz CT molecular complexity index is 307. The van der Waals surface area contributed by atoms with Crippen LogP contribution in [-0.4, -0.2) is 21.4 Å². The average molecular weight is 183 g/mol. The van der Waals surface area contributed by atoms with Gasteiger partial charge in [-0.1, -0.05) is 12.1 Å². The van der Waals surface area contributed by atoms with E-state index < -0.39 is 7.12 Å². The maximum atomic E-state index is 9.97. The topological polar surface area (TPSA) is 69.9 Å². The largest absolute Gasteiger partial charge is 0.488 e. The van der Waals surface area contributed by atoms with Crippen LogP contribution in [0.5, 0.6) is 0 Å². The second kappa shape index (κ2) is 4.15. The Hall–Kier alpha value is -0.975. The summed E-state index contributed by atoms with van der Waals surface area (Å²) in [5.74, 6) is 0. The molecule has 0 aromatic heterocycles. The van der Waals surface area contributed by atoms with Crippen molar-refractivity contribution in [3.63, 3.8) is 0 Å². The van der Waals surface area contributed by atoms with Gasteiger partial charge in [0.05, 0.1) is 5.69 Å². The van der Waals surface area contributed by atoms with Gasteiger partial charge in [-0.3, -0.25) is 0 Å². The fourth-order valence-corrected chi connectivity index (χ4v) is 0.958. The minimum atomic E-state index is -1.47. The van der Waals surface area contributed by atoms with E-state index in [2.05, 4.69) is 4.36 Å². The SMILES string of the molecule is O=S=Nc1ccc(B(O)O)cc1. The summed E-state index contributed by atoms with van der Waals surface area (Å²) in [4.78, 5) is 0.